The molecule has 1 atom stereocenters. The number of fused-ring (bicyclic) bond motifs is 4. The Labute approximate surface area is 267 Å². The number of nitrogens with zero attached hydrogens (tertiary/aromatic N) is 4. The van der Waals surface area contributed by atoms with E-state index in [1.54, 1.807) is 22.8 Å². The molecule has 1 amide bonds. The van der Waals surface area contributed by atoms with Crippen molar-refractivity contribution in [1.82, 2.24) is 19.4 Å². The molecule has 1 aliphatic heterocycles. The molecule has 7 nitrogen and oxygen atoms in total. The summed E-state index contributed by atoms with van der Waals surface area (Å²) in [6.07, 6.45) is 0.454. The highest BCUT2D eigenvalue weighted by atomic mass is 35.5. The molecule has 8 heteroatoms. The second-order valence-corrected chi connectivity index (χ2v) is 12.5. The smallest absolute Gasteiger partial charge is 0.407 e. The normalized spacial score (nSPS) is 16.0. The van der Waals surface area contributed by atoms with Crippen LogP contribution in [0.25, 0.3) is 22.0 Å². The maximum Gasteiger partial charge on any atom is 0.407 e. The number of aromatic nitrogens is 2. The minimum absolute atomic E-state index is 0.126. The van der Waals surface area contributed by atoms with E-state index in [2.05, 4.69) is 53.4 Å². The van der Waals surface area contributed by atoms with Crippen molar-refractivity contribution in [2.75, 3.05) is 19.6 Å². The highest BCUT2D eigenvalue weighted by Crippen LogP contribution is 2.45. The first-order valence-electron chi connectivity index (χ1n) is 15.6. The maximum absolute atomic E-state index is 14.3. The molecule has 228 valence electrons. The van der Waals surface area contributed by atoms with Crippen LogP contribution < -0.4 is 5.56 Å². The molecule has 2 aliphatic rings. The number of hydrogen-bond acceptors (Lipinski definition) is 4. The van der Waals surface area contributed by atoms with Crippen molar-refractivity contribution in [1.29, 1.82) is 0 Å². The molecule has 5 aromatic rings. The van der Waals surface area contributed by atoms with E-state index in [1.165, 1.54) is 10.5 Å². The van der Waals surface area contributed by atoms with Crippen molar-refractivity contribution in [3.63, 3.8) is 0 Å². The van der Waals surface area contributed by atoms with E-state index in [9.17, 15) is 14.7 Å². The van der Waals surface area contributed by atoms with Gasteiger partial charge in [-0.3, -0.25) is 19.2 Å². The van der Waals surface area contributed by atoms with Gasteiger partial charge in [0.1, 0.15) is 5.82 Å². The van der Waals surface area contributed by atoms with E-state index in [0.29, 0.717) is 21.7 Å². The highest BCUT2D eigenvalue weighted by molar-refractivity contribution is 6.35. The molecule has 0 radical (unpaired) electrons. The molecule has 4 aromatic carbocycles. The minimum atomic E-state index is -1.05. The number of hydrogen-bond donors (Lipinski definition) is 1. The third-order valence-electron chi connectivity index (χ3n) is 9.51. The second-order valence-electron chi connectivity index (χ2n) is 12.1. The van der Waals surface area contributed by atoms with Crippen LogP contribution in [0.3, 0.4) is 0 Å². The zero-order chi connectivity index (χ0) is 31.1. The van der Waals surface area contributed by atoms with Crippen molar-refractivity contribution < 1.29 is 9.90 Å². The van der Waals surface area contributed by atoms with Gasteiger partial charge in [0.2, 0.25) is 0 Å². The van der Waals surface area contributed by atoms with Crippen LogP contribution >= 0.6 is 11.6 Å². The molecule has 7 rings (SSSR count). The van der Waals surface area contributed by atoms with E-state index in [4.69, 9.17) is 16.6 Å². The largest absolute Gasteiger partial charge is 0.465 e. The average molecular weight is 619 g/mol. The Kier molecular flexibility index (Phi) is 7.90. The molecule has 0 saturated carbocycles. The number of halogens is 1. The van der Waals surface area contributed by atoms with Gasteiger partial charge in [0.05, 0.1) is 22.0 Å². The number of benzene rings is 4. The van der Waals surface area contributed by atoms with Gasteiger partial charge >= 0.3 is 6.09 Å². The minimum Gasteiger partial charge on any atom is -0.465 e. The molecular formula is C37H35ClN4O3. The van der Waals surface area contributed by atoms with Gasteiger partial charge in [-0.25, -0.2) is 9.78 Å². The zero-order valence-corrected chi connectivity index (χ0v) is 25.9. The van der Waals surface area contributed by atoms with Crippen LogP contribution in [0.5, 0.6) is 0 Å². The summed E-state index contributed by atoms with van der Waals surface area (Å²) in [5.41, 5.74) is 6.01. The van der Waals surface area contributed by atoms with Crippen LogP contribution in [-0.2, 0) is 6.54 Å². The molecule has 2 heterocycles. The fourth-order valence-corrected chi connectivity index (χ4v) is 7.49. The summed E-state index contributed by atoms with van der Waals surface area (Å²) in [5.74, 6) is 0.325. The van der Waals surface area contributed by atoms with Crippen LogP contribution in [0, 0.1) is 0 Å². The lowest BCUT2D eigenvalue weighted by molar-refractivity contribution is 0.119. The molecule has 1 unspecified atom stereocenters. The van der Waals surface area contributed by atoms with Gasteiger partial charge in [0.25, 0.3) is 5.56 Å². The summed E-state index contributed by atoms with van der Waals surface area (Å²) < 4.78 is 1.76. The number of piperidine rings is 1. The average Bonchev–Trinajstić information content (AvgIpc) is 3.37. The monoisotopic (exact) mass is 618 g/mol. The molecule has 1 aliphatic carbocycles. The Morgan fingerprint density at radius 2 is 1.53 bits per heavy atom. The van der Waals surface area contributed by atoms with Gasteiger partial charge in [0, 0.05) is 38.1 Å². The lowest BCUT2D eigenvalue weighted by Crippen LogP contribution is -2.42. The topological polar surface area (TPSA) is 78.7 Å². The summed E-state index contributed by atoms with van der Waals surface area (Å²) in [6, 6.07) is 31.2. The Balaban J connectivity index is 1.25. The van der Waals surface area contributed by atoms with Crippen molar-refractivity contribution in [3.05, 3.63) is 135 Å². The van der Waals surface area contributed by atoms with Crippen LogP contribution in [0.4, 0.5) is 4.79 Å². The summed E-state index contributed by atoms with van der Waals surface area (Å²) in [7, 11) is 0. The van der Waals surface area contributed by atoms with Crippen LogP contribution in [-0.4, -0.2) is 50.2 Å². The van der Waals surface area contributed by atoms with Crippen molar-refractivity contribution in [2.45, 2.75) is 44.3 Å². The van der Waals surface area contributed by atoms with Gasteiger partial charge in [0.15, 0.2) is 0 Å². The summed E-state index contributed by atoms with van der Waals surface area (Å²) >= 11 is 6.57. The van der Waals surface area contributed by atoms with Gasteiger partial charge in [-0.1, -0.05) is 96.5 Å². The first kappa shape index (κ1) is 29.3. The number of carbonyl (C=O) groups is 1. The first-order chi connectivity index (χ1) is 21.9. The molecule has 1 aromatic heterocycles. The van der Waals surface area contributed by atoms with Crippen molar-refractivity contribution in [2.24, 2.45) is 0 Å². The predicted octanol–water partition coefficient (Wildman–Crippen LogP) is 7.74. The summed E-state index contributed by atoms with van der Waals surface area (Å²) in [6.45, 7) is 4.57. The fourth-order valence-electron chi connectivity index (χ4n) is 7.24. The fraction of sp³-hybridized carbons (Fsp3) is 0.270. The van der Waals surface area contributed by atoms with Gasteiger partial charge in [-0.05, 0) is 59.7 Å². The number of amides is 1. The van der Waals surface area contributed by atoms with Gasteiger partial charge in [-0.2, -0.15) is 0 Å². The quantitative estimate of drug-likeness (QED) is 0.202. The lowest BCUT2D eigenvalue weighted by Gasteiger charge is -2.36. The van der Waals surface area contributed by atoms with Gasteiger partial charge in [-0.15, -0.1) is 0 Å². The van der Waals surface area contributed by atoms with Crippen molar-refractivity contribution >= 4 is 28.6 Å². The summed E-state index contributed by atoms with van der Waals surface area (Å²) in [5, 5.41) is 11.4. The van der Waals surface area contributed by atoms with E-state index in [0.717, 1.165) is 54.7 Å². The van der Waals surface area contributed by atoms with E-state index in [-0.39, 0.29) is 24.1 Å². The molecule has 1 saturated heterocycles. The SMILES string of the molecule is CC(c1nc2cccc(Cl)c2c(=O)n1C1CCN(Cc2ccccc2)CC1)N(CC1c2ccccc2-c2ccccc21)C(=O)O. The Morgan fingerprint density at radius 1 is 0.911 bits per heavy atom. The Hall–Kier alpha value is -4.46. The molecule has 45 heavy (non-hydrogen) atoms. The maximum atomic E-state index is 14.3. The number of likely N-dealkylation sites (tertiary alicyclic amines) is 1. The number of rotatable bonds is 7. The second kappa shape index (κ2) is 12.1. The predicted molar refractivity (Wildman–Crippen MR) is 178 cm³/mol. The third-order valence-corrected chi connectivity index (χ3v) is 9.82. The van der Waals surface area contributed by atoms with E-state index >= 15 is 0 Å². The zero-order valence-electron chi connectivity index (χ0n) is 25.1. The molecule has 1 N–H and O–H groups in total. The molecule has 1 fully saturated rings. The van der Waals surface area contributed by atoms with Crippen molar-refractivity contribution in [3.8, 4) is 11.1 Å². The van der Waals surface area contributed by atoms with Crippen LogP contribution in [0.15, 0.2) is 102 Å². The summed E-state index contributed by atoms with van der Waals surface area (Å²) in [4.78, 5) is 36.1. The highest BCUT2D eigenvalue weighted by Gasteiger charge is 2.35. The number of carboxylic acid groups (broad SMARTS) is 1. The Morgan fingerprint density at radius 3 is 2.18 bits per heavy atom. The van der Waals surface area contributed by atoms with Gasteiger partial charge < -0.3 is 5.11 Å². The van der Waals surface area contributed by atoms with E-state index < -0.39 is 12.1 Å². The lowest BCUT2D eigenvalue weighted by atomic mass is 9.95. The standard InChI is InChI=1S/C37H35ClN4O3/c1-24(41(37(44)45)23-31-29-14-7-5-12-27(29)28-13-6-8-15-30(28)31)35-39-33-17-9-16-32(38)34(33)36(43)42(35)26-18-20-40(21-19-26)22-25-10-3-2-4-11-25/h2-17,24,26,31H,18-23H2,1H3,(H,44,45). The van der Waals surface area contributed by atoms with E-state index in [1.807, 2.05) is 37.3 Å². The molecular weight excluding hydrogens is 584 g/mol. The Bertz CT molecular complexity index is 1890. The third kappa shape index (κ3) is 5.40. The molecule has 0 bridgehead atoms. The van der Waals surface area contributed by atoms with Crippen LogP contribution in [0.1, 0.15) is 60.3 Å². The van der Waals surface area contributed by atoms with Crippen LogP contribution in [0.2, 0.25) is 5.02 Å². The molecule has 0 spiro atoms. The first-order valence-corrected chi connectivity index (χ1v) is 15.9.